The van der Waals surface area contributed by atoms with Crippen LogP contribution in [0.4, 0.5) is 34.1 Å². The summed E-state index contributed by atoms with van der Waals surface area (Å²) in [4.78, 5) is 4.72. The third-order valence-electron chi connectivity index (χ3n) is 10.1. The van der Waals surface area contributed by atoms with Crippen molar-refractivity contribution in [2.45, 2.75) is 26.9 Å². The molecule has 0 radical (unpaired) electrons. The monoisotopic (exact) mass is 646 g/mol. The highest BCUT2D eigenvalue weighted by molar-refractivity contribution is 6.10. The van der Waals surface area contributed by atoms with Crippen molar-refractivity contribution in [3.05, 3.63) is 170 Å². The molecule has 0 aliphatic carbocycles. The lowest BCUT2D eigenvalue weighted by molar-refractivity contribution is 0.827. The van der Waals surface area contributed by atoms with E-state index in [0.717, 1.165) is 47.2 Å². The second-order valence-corrected chi connectivity index (χ2v) is 12.8. The van der Waals surface area contributed by atoms with Crippen molar-refractivity contribution in [2.75, 3.05) is 9.80 Å². The molecular weight excluding hydrogens is 609 g/mol. The third kappa shape index (κ3) is 4.83. The smallest absolute Gasteiger partial charge is 0.0492 e. The van der Waals surface area contributed by atoms with E-state index in [1.165, 1.54) is 43.6 Å². The van der Waals surface area contributed by atoms with Gasteiger partial charge in [-0.2, -0.15) is 0 Å². The zero-order chi connectivity index (χ0) is 33.6. The van der Waals surface area contributed by atoms with Gasteiger partial charge in [0.2, 0.25) is 0 Å². The molecule has 0 atom stereocenters. The number of para-hydroxylation sites is 4. The minimum absolute atomic E-state index is 0.929. The summed E-state index contributed by atoms with van der Waals surface area (Å²) < 4.78 is 4.82. The zero-order valence-electron chi connectivity index (χ0n) is 28.4. The number of benzene rings is 7. The number of fused-ring (bicyclic) bond motifs is 6. The highest BCUT2D eigenvalue weighted by Crippen LogP contribution is 2.42. The van der Waals surface area contributed by atoms with Crippen molar-refractivity contribution in [1.82, 2.24) is 9.13 Å². The van der Waals surface area contributed by atoms with E-state index in [4.69, 9.17) is 0 Å². The van der Waals surface area contributed by atoms with Gasteiger partial charge in [0.1, 0.15) is 0 Å². The highest BCUT2D eigenvalue weighted by atomic mass is 15.2. The normalized spacial score (nSPS) is 11.6. The van der Waals surface area contributed by atoms with Gasteiger partial charge in [0.05, 0.1) is 0 Å². The lowest BCUT2D eigenvalue weighted by Gasteiger charge is -2.28. The van der Waals surface area contributed by atoms with E-state index in [1.54, 1.807) is 0 Å². The van der Waals surface area contributed by atoms with Gasteiger partial charge in [-0.1, -0.05) is 72.8 Å². The van der Waals surface area contributed by atoms with E-state index in [0.29, 0.717) is 0 Å². The van der Waals surface area contributed by atoms with E-state index in [2.05, 4.69) is 203 Å². The Bertz CT molecular complexity index is 2430. The number of nitrogens with zero attached hydrogens (tertiary/aromatic N) is 4. The van der Waals surface area contributed by atoms with Gasteiger partial charge in [0.15, 0.2) is 0 Å². The summed E-state index contributed by atoms with van der Waals surface area (Å²) in [5.41, 5.74) is 11.8. The molecule has 0 saturated carbocycles. The third-order valence-corrected chi connectivity index (χ3v) is 10.1. The number of hydrogen-bond acceptors (Lipinski definition) is 2. The number of anilines is 6. The standard InChI is InChI=1S/C46H38N4/c1-3-47-43-21-13-11-19-39(43)41-31-37(27-29-45(41)47)49(33-15-7-5-8-16-33)35-23-25-36(26-24-35)50(34-17-9-6-10-18-34)38-28-30-46-42(32-38)40-20-12-14-22-44(40)48(46)4-2/h5-32H,3-4H2,1-2H3. The summed E-state index contributed by atoms with van der Waals surface area (Å²) in [6.07, 6.45) is 0. The number of rotatable bonds is 8. The van der Waals surface area contributed by atoms with Gasteiger partial charge in [-0.05, 0) is 111 Å². The first kappa shape index (κ1) is 29.8. The van der Waals surface area contributed by atoms with Crippen LogP contribution in [0.3, 0.4) is 0 Å². The molecule has 2 aromatic heterocycles. The maximum Gasteiger partial charge on any atom is 0.0492 e. The molecule has 0 unspecified atom stereocenters. The van der Waals surface area contributed by atoms with E-state index >= 15 is 0 Å². The molecule has 9 aromatic rings. The van der Waals surface area contributed by atoms with Gasteiger partial charge >= 0.3 is 0 Å². The summed E-state index contributed by atoms with van der Waals surface area (Å²) in [6, 6.07) is 61.6. The average Bonchev–Trinajstić information content (AvgIpc) is 3.68. The first-order chi connectivity index (χ1) is 24.7. The van der Waals surface area contributed by atoms with Crippen LogP contribution in [0.2, 0.25) is 0 Å². The molecule has 2 heterocycles. The van der Waals surface area contributed by atoms with E-state index in [9.17, 15) is 0 Å². The van der Waals surface area contributed by atoms with Gasteiger partial charge in [0.25, 0.3) is 0 Å². The fourth-order valence-corrected chi connectivity index (χ4v) is 7.84. The first-order valence-electron chi connectivity index (χ1n) is 17.6. The van der Waals surface area contributed by atoms with Crippen LogP contribution in [0, 0.1) is 0 Å². The molecular formula is C46H38N4. The zero-order valence-corrected chi connectivity index (χ0v) is 28.4. The molecule has 0 aliphatic heterocycles. The van der Waals surface area contributed by atoms with Crippen LogP contribution in [0.25, 0.3) is 43.6 Å². The highest BCUT2D eigenvalue weighted by Gasteiger charge is 2.19. The molecule has 50 heavy (non-hydrogen) atoms. The predicted molar refractivity (Wildman–Crippen MR) is 213 cm³/mol. The Hall–Kier alpha value is -6.26. The summed E-state index contributed by atoms with van der Waals surface area (Å²) >= 11 is 0. The lowest BCUT2D eigenvalue weighted by atomic mass is 10.1. The number of aromatic nitrogens is 2. The van der Waals surface area contributed by atoms with Gasteiger partial charge in [-0.3, -0.25) is 0 Å². The molecule has 0 fully saturated rings. The largest absolute Gasteiger partial charge is 0.341 e. The molecule has 0 amide bonds. The van der Waals surface area contributed by atoms with Crippen LogP contribution >= 0.6 is 0 Å². The molecule has 7 aromatic carbocycles. The fourth-order valence-electron chi connectivity index (χ4n) is 7.84. The number of aryl methyl sites for hydroxylation is 2. The quantitative estimate of drug-likeness (QED) is 0.163. The SMILES string of the molecule is CCn1c2ccccc2c2cc(N(c3ccccc3)c3ccc(N(c4ccccc4)c4ccc5c(c4)c4ccccc4n5CC)cc3)ccc21. The van der Waals surface area contributed by atoms with Gasteiger partial charge in [-0.25, -0.2) is 0 Å². The van der Waals surface area contributed by atoms with Crippen molar-refractivity contribution in [3.8, 4) is 0 Å². The summed E-state index contributed by atoms with van der Waals surface area (Å²) in [5.74, 6) is 0. The second-order valence-electron chi connectivity index (χ2n) is 12.8. The van der Waals surface area contributed by atoms with E-state index in [1.807, 2.05) is 0 Å². The molecule has 0 spiro atoms. The van der Waals surface area contributed by atoms with Crippen LogP contribution in [0.1, 0.15) is 13.8 Å². The van der Waals surface area contributed by atoms with Crippen molar-refractivity contribution in [2.24, 2.45) is 0 Å². The number of hydrogen-bond donors (Lipinski definition) is 0. The first-order valence-corrected chi connectivity index (χ1v) is 17.6. The van der Waals surface area contributed by atoms with E-state index < -0.39 is 0 Å². The summed E-state index contributed by atoms with van der Waals surface area (Å²) in [5, 5.41) is 5.11. The minimum Gasteiger partial charge on any atom is -0.341 e. The van der Waals surface area contributed by atoms with Crippen LogP contribution in [0.15, 0.2) is 170 Å². The summed E-state index contributed by atoms with van der Waals surface area (Å²) in [7, 11) is 0. The summed E-state index contributed by atoms with van der Waals surface area (Å²) in [6.45, 7) is 6.30. The lowest BCUT2D eigenvalue weighted by Crippen LogP contribution is -2.12. The minimum atomic E-state index is 0.929. The Kier molecular flexibility index (Phi) is 7.35. The second kappa shape index (κ2) is 12.3. The van der Waals surface area contributed by atoms with Crippen LogP contribution in [-0.2, 0) is 13.1 Å². The molecule has 242 valence electrons. The Labute approximate surface area is 292 Å². The van der Waals surface area contributed by atoms with Crippen molar-refractivity contribution >= 4 is 77.7 Å². The van der Waals surface area contributed by atoms with Gasteiger partial charge < -0.3 is 18.9 Å². The van der Waals surface area contributed by atoms with Crippen molar-refractivity contribution in [3.63, 3.8) is 0 Å². The Morgan fingerprint density at radius 1 is 0.320 bits per heavy atom. The van der Waals surface area contributed by atoms with Gasteiger partial charge in [-0.15, -0.1) is 0 Å². The van der Waals surface area contributed by atoms with Crippen LogP contribution < -0.4 is 9.80 Å². The van der Waals surface area contributed by atoms with E-state index in [-0.39, 0.29) is 0 Å². The molecule has 0 N–H and O–H groups in total. The predicted octanol–water partition coefficient (Wildman–Crippen LogP) is 12.9. The van der Waals surface area contributed by atoms with Crippen LogP contribution in [0.5, 0.6) is 0 Å². The van der Waals surface area contributed by atoms with Gasteiger partial charge in [0, 0.05) is 90.8 Å². The fraction of sp³-hybridized carbons (Fsp3) is 0.0870. The maximum absolute atomic E-state index is 2.41. The maximum atomic E-state index is 2.41. The molecule has 0 aliphatic rings. The molecule has 4 heteroatoms. The van der Waals surface area contributed by atoms with Crippen molar-refractivity contribution in [1.29, 1.82) is 0 Å². The van der Waals surface area contributed by atoms with Crippen LogP contribution in [-0.4, -0.2) is 9.13 Å². The van der Waals surface area contributed by atoms with Crippen molar-refractivity contribution < 1.29 is 0 Å². The Morgan fingerprint density at radius 3 is 1.04 bits per heavy atom. The Balaban J connectivity index is 1.17. The molecule has 0 bridgehead atoms. The molecule has 0 saturated heterocycles. The average molecular weight is 647 g/mol. The topological polar surface area (TPSA) is 16.3 Å². The molecule has 4 nitrogen and oxygen atoms in total. The molecule has 9 rings (SSSR count). The Morgan fingerprint density at radius 2 is 0.640 bits per heavy atom.